The summed E-state index contributed by atoms with van der Waals surface area (Å²) in [6.45, 7) is 6.42. The second kappa shape index (κ2) is 7.92. The number of hydrogen-bond donors (Lipinski definition) is 2. The number of benzene rings is 2. The molecule has 0 saturated carbocycles. The molecule has 152 valence electrons. The number of rotatable bonds is 5. The zero-order valence-corrected chi connectivity index (χ0v) is 16.8. The maximum Gasteiger partial charge on any atom is 0.261 e. The van der Waals surface area contributed by atoms with E-state index < -0.39 is 21.7 Å². The van der Waals surface area contributed by atoms with Crippen molar-refractivity contribution in [2.75, 3.05) is 42.9 Å². The Labute approximate surface area is 163 Å². The zero-order valence-electron chi connectivity index (χ0n) is 16.0. The second-order valence-corrected chi connectivity index (χ2v) is 8.35. The highest BCUT2D eigenvalue weighted by atomic mass is 32.2. The number of halogens is 2. The lowest BCUT2D eigenvalue weighted by Crippen LogP contribution is -2.43. The van der Waals surface area contributed by atoms with Gasteiger partial charge in [-0.2, -0.15) is 4.39 Å². The van der Waals surface area contributed by atoms with Crippen molar-refractivity contribution < 1.29 is 21.9 Å². The first kappa shape index (κ1) is 20.3. The fraction of sp³-hybridized carbons (Fsp3) is 0.368. The molecular formula is C19H23F2N3O3S. The van der Waals surface area contributed by atoms with E-state index in [0.717, 1.165) is 43.5 Å². The molecule has 2 aromatic rings. The van der Waals surface area contributed by atoms with Gasteiger partial charge in [-0.1, -0.05) is 6.07 Å². The van der Waals surface area contributed by atoms with Crippen LogP contribution in [0.25, 0.3) is 0 Å². The van der Waals surface area contributed by atoms with Crippen molar-refractivity contribution in [1.82, 2.24) is 5.32 Å². The molecule has 0 atom stereocenters. The van der Waals surface area contributed by atoms with Gasteiger partial charge < -0.3 is 15.0 Å². The predicted octanol–water partition coefficient (Wildman–Crippen LogP) is 2.80. The smallest absolute Gasteiger partial charge is 0.261 e. The molecule has 1 fully saturated rings. The molecule has 0 radical (unpaired) electrons. The van der Waals surface area contributed by atoms with Crippen LogP contribution in [-0.4, -0.2) is 41.7 Å². The highest BCUT2D eigenvalue weighted by molar-refractivity contribution is 7.92. The van der Waals surface area contributed by atoms with Gasteiger partial charge in [0.15, 0.2) is 11.6 Å². The van der Waals surface area contributed by atoms with Crippen LogP contribution in [0.1, 0.15) is 11.1 Å². The predicted molar refractivity (Wildman–Crippen MR) is 105 cm³/mol. The third-order valence-corrected chi connectivity index (χ3v) is 6.19. The van der Waals surface area contributed by atoms with Gasteiger partial charge in [0.05, 0.1) is 17.7 Å². The molecule has 0 aromatic heterocycles. The molecule has 9 heteroatoms. The van der Waals surface area contributed by atoms with Crippen molar-refractivity contribution in [3.63, 3.8) is 0 Å². The summed E-state index contributed by atoms with van der Waals surface area (Å²) in [5.41, 5.74) is 1.59. The normalized spacial score (nSPS) is 14.8. The van der Waals surface area contributed by atoms with Crippen molar-refractivity contribution in [2.24, 2.45) is 0 Å². The number of nitrogens with zero attached hydrogens (tertiary/aromatic N) is 1. The number of hydrogen-bond acceptors (Lipinski definition) is 5. The molecule has 1 saturated heterocycles. The molecule has 1 aliphatic rings. The molecule has 1 aliphatic heterocycles. The van der Waals surface area contributed by atoms with Gasteiger partial charge >= 0.3 is 0 Å². The molecule has 3 rings (SSSR count). The second-order valence-electron chi connectivity index (χ2n) is 6.67. The average molecular weight is 411 g/mol. The SMILES string of the molecule is COc1cc(NS(=O)(=O)c2ccc(C)c(N3CCNCC3)c2)c(C)c(F)c1F. The van der Waals surface area contributed by atoms with E-state index in [-0.39, 0.29) is 21.9 Å². The number of piperazine rings is 1. The lowest BCUT2D eigenvalue weighted by molar-refractivity contribution is 0.371. The first-order valence-corrected chi connectivity index (χ1v) is 10.3. The van der Waals surface area contributed by atoms with Crippen molar-refractivity contribution in [1.29, 1.82) is 0 Å². The average Bonchev–Trinajstić information content (AvgIpc) is 2.69. The Balaban J connectivity index is 1.97. The number of anilines is 2. The Morgan fingerprint density at radius 3 is 2.43 bits per heavy atom. The Morgan fingerprint density at radius 1 is 1.11 bits per heavy atom. The third kappa shape index (κ3) is 3.90. The first-order chi connectivity index (χ1) is 13.2. The Hall–Kier alpha value is -2.39. The zero-order chi connectivity index (χ0) is 20.5. The van der Waals surface area contributed by atoms with Gasteiger partial charge in [0.25, 0.3) is 10.0 Å². The van der Waals surface area contributed by atoms with Gasteiger partial charge in [-0.3, -0.25) is 4.72 Å². The summed E-state index contributed by atoms with van der Waals surface area (Å²) in [6, 6.07) is 5.98. The van der Waals surface area contributed by atoms with E-state index in [1.165, 1.54) is 20.1 Å². The van der Waals surface area contributed by atoms with Crippen LogP contribution in [0.3, 0.4) is 0 Å². The molecule has 0 amide bonds. The highest BCUT2D eigenvalue weighted by Gasteiger charge is 2.23. The van der Waals surface area contributed by atoms with Crippen molar-refractivity contribution in [3.8, 4) is 5.75 Å². The Morgan fingerprint density at radius 2 is 1.79 bits per heavy atom. The summed E-state index contributed by atoms with van der Waals surface area (Å²) in [7, 11) is -2.82. The molecule has 0 unspecified atom stereocenters. The van der Waals surface area contributed by atoms with E-state index in [1.807, 2.05) is 6.92 Å². The van der Waals surface area contributed by atoms with E-state index in [2.05, 4.69) is 14.9 Å². The number of ether oxygens (including phenoxy) is 1. The Kier molecular flexibility index (Phi) is 5.76. The fourth-order valence-electron chi connectivity index (χ4n) is 3.15. The molecule has 2 aromatic carbocycles. The summed E-state index contributed by atoms with van der Waals surface area (Å²) in [6.07, 6.45) is 0. The van der Waals surface area contributed by atoms with E-state index in [9.17, 15) is 17.2 Å². The van der Waals surface area contributed by atoms with Crippen LogP contribution < -0.4 is 19.7 Å². The highest BCUT2D eigenvalue weighted by Crippen LogP contribution is 2.31. The van der Waals surface area contributed by atoms with Gasteiger partial charge in [0, 0.05) is 43.5 Å². The summed E-state index contributed by atoms with van der Waals surface area (Å²) in [4.78, 5) is 2.17. The van der Waals surface area contributed by atoms with Crippen LogP contribution in [-0.2, 0) is 10.0 Å². The molecule has 2 N–H and O–H groups in total. The maximum absolute atomic E-state index is 14.1. The van der Waals surface area contributed by atoms with Crippen LogP contribution >= 0.6 is 0 Å². The maximum atomic E-state index is 14.1. The van der Waals surface area contributed by atoms with E-state index in [1.54, 1.807) is 12.1 Å². The van der Waals surface area contributed by atoms with E-state index in [0.29, 0.717) is 0 Å². The lowest BCUT2D eigenvalue weighted by Gasteiger charge is -2.31. The standard InChI is InChI=1S/C19H23F2N3O3S/c1-12-4-5-14(10-16(12)24-8-6-22-7-9-24)28(25,26)23-15-11-17(27-3)19(21)18(20)13(15)2/h4-5,10-11,22-23H,6-9H2,1-3H3. The minimum atomic E-state index is -4.01. The Bertz CT molecular complexity index is 990. The third-order valence-electron chi connectivity index (χ3n) is 4.83. The van der Waals surface area contributed by atoms with Crippen LogP contribution in [0.15, 0.2) is 29.2 Å². The van der Waals surface area contributed by atoms with E-state index >= 15 is 0 Å². The summed E-state index contributed by atoms with van der Waals surface area (Å²) < 4.78 is 60.8. The number of nitrogens with one attached hydrogen (secondary N) is 2. The van der Waals surface area contributed by atoms with Crippen LogP contribution in [0, 0.1) is 25.5 Å². The van der Waals surface area contributed by atoms with Crippen LogP contribution in [0.4, 0.5) is 20.2 Å². The van der Waals surface area contributed by atoms with Gasteiger partial charge in [-0.25, -0.2) is 12.8 Å². The molecular weight excluding hydrogens is 388 g/mol. The molecule has 0 spiro atoms. The van der Waals surface area contributed by atoms with Gasteiger partial charge in [-0.05, 0) is 31.5 Å². The van der Waals surface area contributed by atoms with Crippen molar-refractivity contribution >= 4 is 21.4 Å². The largest absolute Gasteiger partial charge is 0.493 e. The van der Waals surface area contributed by atoms with Gasteiger partial charge in [0.2, 0.25) is 5.82 Å². The van der Waals surface area contributed by atoms with Crippen molar-refractivity contribution in [2.45, 2.75) is 18.7 Å². The molecule has 28 heavy (non-hydrogen) atoms. The summed E-state index contributed by atoms with van der Waals surface area (Å²) >= 11 is 0. The van der Waals surface area contributed by atoms with Crippen LogP contribution in [0.2, 0.25) is 0 Å². The topological polar surface area (TPSA) is 70.7 Å². The molecule has 6 nitrogen and oxygen atoms in total. The summed E-state index contributed by atoms with van der Waals surface area (Å²) in [5.74, 6) is -2.67. The monoisotopic (exact) mass is 411 g/mol. The van der Waals surface area contributed by atoms with Gasteiger partial charge in [0.1, 0.15) is 0 Å². The molecule has 1 heterocycles. The quantitative estimate of drug-likeness (QED) is 0.792. The fourth-order valence-corrected chi connectivity index (χ4v) is 4.29. The number of aryl methyl sites for hydroxylation is 1. The lowest BCUT2D eigenvalue weighted by atomic mass is 10.1. The molecule has 0 bridgehead atoms. The minimum absolute atomic E-state index is 0.0507. The van der Waals surface area contributed by atoms with Gasteiger partial charge in [-0.15, -0.1) is 0 Å². The van der Waals surface area contributed by atoms with Crippen LogP contribution in [0.5, 0.6) is 5.75 Å². The van der Waals surface area contributed by atoms with E-state index in [4.69, 9.17) is 4.74 Å². The number of sulfonamides is 1. The summed E-state index contributed by atoms with van der Waals surface area (Å²) in [5, 5.41) is 3.26. The first-order valence-electron chi connectivity index (χ1n) is 8.86. The number of methoxy groups -OCH3 is 1. The molecule has 0 aliphatic carbocycles. The minimum Gasteiger partial charge on any atom is -0.493 e. The van der Waals surface area contributed by atoms with Crippen molar-refractivity contribution in [3.05, 3.63) is 47.0 Å².